The van der Waals surface area contributed by atoms with Crippen LogP contribution in [0.3, 0.4) is 0 Å². The highest BCUT2D eigenvalue weighted by Crippen LogP contribution is 2.33. The van der Waals surface area contributed by atoms with Crippen molar-refractivity contribution >= 4 is 33.5 Å². The maximum absolute atomic E-state index is 12.5. The van der Waals surface area contributed by atoms with Gasteiger partial charge in [-0.2, -0.15) is 0 Å². The van der Waals surface area contributed by atoms with Crippen LogP contribution in [0.2, 0.25) is 5.15 Å². The van der Waals surface area contributed by atoms with Crippen LogP contribution in [0, 0.1) is 0 Å². The van der Waals surface area contributed by atoms with Crippen LogP contribution in [0.4, 0.5) is 8.78 Å². The van der Waals surface area contributed by atoms with Crippen molar-refractivity contribution in [3.05, 3.63) is 26.9 Å². The maximum Gasteiger partial charge on any atom is 0.357 e. The van der Waals surface area contributed by atoms with Gasteiger partial charge in [0.2, 0.25) is 0 Å². The van der Waals surface area contributed by atoms with Gasteiger partial charge in [0.05, 0.1) is 12.2 Å². The second-order valence-corrected chi connectivity index (χ2v) is 3.93. The molecule has 0 fully saturated rings. The van der Waals surface area contributed by atoms with Gasteiger partial charge in [-0.25, -0.2) is 18.6 Å². The van der Waals surface area contributed by atoms with Gasteiger partial charge in [-0.1, -0.05) is 27.5 Å². The summed E-state index contributed by atoms with van der Waals surface area (Å²) in [5, 5.41) is -0.410. The minimum Gasteiger partial charge on any atom is -0.461 e. The Kier molecular flexibility index (Phi) is 4.61. The van der Waals surface area contributed by atoms with E-state index < -0.39 is 23.1 Å². The summed E-state index contributed by atoms with van der Waals surface area (Å²) in [6, 6.07) is 1.16. The fourth-order valence-corrected chi connectivity index (χ4v) is 1.97. The zero-order valence-electron chi connectivity index (χ0n) is 8.14. The lowest BCUT2D eigenvalue weighted by Gasteiger charge is -2.07. The van der Waals surface area contributed by atoms with Crippen LogP contribution in [0.5, 0.6) is 0 Å². The van der Waals surface area contributed by atoms with Crippen molar-refractivity contribution in [2.75, 3.05) is 6.61 Å². The Morgan fingerprint density at radius 2 is 2.31 bits per heavy atom. The Labute approximate surface area is 104 Å². The number of pyridine rings is 1. The van der Waals surface area contributed by atoms with E-state index in [1.165, 1.54) is 0 Å². The van der Waals surface area contributed by atoms with Crippen molar-refractivity contribution in [3.63, 3.8) is 0 Å². The third kappa shape index (κ3) is 2.89. The number of rotatable bonds is 3. The molecule has 1 heterocycles. The summed E-state index contributed by atoms with van der Waals surface area (Å²) in [5.41, 5.74) is -0.544. The highest BCUT2D eigenvalue weighted by molar-refractivity contribution is 9.10. The minimum atomic E-state index is -2.76. The summed E-state index contributed by atoms with van der Waals surface area (Å²) in [6.07, 6.45) is -2.76. The molecule has 3 nitrogen and oxygen atoms in total. The summed E-state index contributed by atoms with van der Waals surface area (Å²) < 4.78 is 29.7. The smallest absolute Gasteiger partial charge is 0.357 e. The average Bonchev–Trinajstić information content (AvgIpc) is 2.16. The first-order valence-corrected chi connectivity index (χ1v) is 5.45. The van der Waals surface area contributed by atoms with Gasteiger partial charge in [-0.3, -0.25) is 0 Å². The summed E-state index contributed by atoms with van der Waals surface area (Å²) in [5.74, 6) is -0.703. The lowest BCUT2D eigenvalue weighted by atomic mass is 10.2. The fourth-order valence-electron chi connectivity index (χ4n) is 0.998. The van der Waals surface area contributed by atoms with Gasteiger partial charge < -0.3 is 4.74 Å². The Morgan fingerprint density at radius 3 is 2.75 bits per heavy atom. The molecule has 0 bridgehead atoms. The minimum absolute atomic E-state index is 0.0329. The molecule has 0 aliphatic carbocycles. The Balaban J connectivity index is 3.14. The molecule has 1 rings (SSSR count). The van der Waals surface area contributed by atoms with Crippen molar-refractivity contribution < 1.29 is 18.3 Å². The monoisotopic (exact) mass is 313 g/mol. The standard InChI is InChI=1S/C9H7BrClF2NO2/c1-2-16-9(15)5-3-4(10)6(8(12)13)7(11)14-5/h3,8H,2H2,1H3. The summed E-state index contributed by atoms with van der Waals surface area (Å²) in [6.45, 7) is 1.80. The van der Waals surface area contributed by atoms with Crippen molar-refractivity contribution in [2.24, 2.45) is 0 Å². The molecule has 7 heteroatoms. The predicted molar refractivity (Wildman–Crippen MR) is 57.9 cm³/mol. The Bertz CT molecular complexity index is 391. The highest BCUT2D eigenvalue weighted by atomic mass is 79.9. The third-order valence-corrected chi connectivity index (χ3v) is 2.61. The number of carbonyl (C=O) groups excluding carboxylic acids is 1. The number of esters is 1. The fraction of sp³-hybridized carbons (Fsp3) is 0.333. The van der Waals surface area contributed by atoms with E-state index in [1.54, 1.807) is 6.92 Å². The van der Waals surface area contributed by atoms with Gasteiger partial charge in [0.1, 0.15) is 5.15 Å². The molecule has 16 heavy (non-hydrogen) atoms. The largest absolute Gasteiger partial charge is 0.461 e. The normalized spacial score (nSPS) is 10.6. The molecule has 0 N–H and O–H groups in total. The van der Waals surface area contributed by atoms with Crippen molar-refractivity contribution in [1.29, 1.82) is 0 Å². The summed E-state index contributed by atoms with van der Waals surface area (Å²) in [7, 11) is 0. The molecule has 88 valence electrons. The number of aromatic nitrogens is 1. The molecule has 0 aliphatic heterocycles. The molecule has 0 aromatic carbocycles. The second-order valence-electron chi connectivity index (χ2n) is 2.71. The van der Waals surface area contributed by atoms with E-state index in [0.29, 0.717) is 0 Å². The van der Waals surface area contributed by atoms with Crippen LogP contribution >= 0.6 is 27.5 Å². The molecular weight excluding hydrogens is 307 g/mol. The van der Waals surface area contributed by atoms with Crippen LogP contribution in [0.25, 0.3) is 0 Å². The molecule has 0 atom stereocenters. The lowest BCUT2D eigenvalue weighted by molar-refractivity contribution is 0.0518. The lowest BCUT2D eigenvalue weighted by Crippen LogP contribution is -2.08. The number of nitrogens with zero attached hydrogens (tertiary/aromatic N) is 1. The van der Waals surface area contributed by atoms with Crippen LogP contribution in [-0.4, -0.2) is 17.6 Å². The quantitative estimate of drug-likeness (QED) is 0.632. The van der Waals surface area contributed by atoms with Crippen molar-refractivity contribution in [2.45, 2.75) is 13.3 Å². The molecular formula is C9H7BrClF2NO2. The van der Waals surface area contributed by atoms with Crippen LogP contribution in [0.15, 0.2) is 10.5 Å². The SMILES string of the molecule is CCOC(=O)c1cc(Br)c(C(F)F)c(Cl)n1. The molecule has 1 aromatic rings. The van der Waals surface area contributed by atoms with Crippen LogP contribution < -0.4 is 0 Å². The highest BCUT2D eigenvalue weighted by Gasteiger charge is 2.21. The topological polar surface area (TPSA) is 39.2 Å². The van der Waals surface area contributed by atoms with Gasteiger partial charge >= 0.3 is 5.97 Å². The number of carbonyl (C=O) groups is 1. The zero-order valence-corrected chi connectivity index (χ0v) is 10.5. The van der Waals surface area contributed by atoms with Crippen molar-refractivity contribution in [3.8, 4) is 0 Å². The van der Waals surface area contributed by atoms with Gasteiger partial charge in [0, 0.05) is 4.47 Å². The number of alkyl halides is 2. The third-order valence-electron chi connectivity index (χ3n) is 1.66. The van der Waals surface area contributed by atoms with E-state index in [2.05, 4.69) is 25.7 Å². The predicted octanol–water partition coefficient (Wildman–Crippen LogP) is 3.61. The van der Waals surface area contributed by atoms with E-state index in [-0.39, 0.29) is 16.8 Å². The molecule has 0 amide bonds. The first kappa shape index (κ1) is 13.3. The molecule has 0 saturated heterocycles. The van der Waals surface area contributed by atoms with E-state index >= 15 is 0 Å². The number of hydrogen-bond acceptors (Lipinski definition) is 3. The summed E-state index contributed by atoms with van der Waals surface area (Å²) in [4.78, 5) is 14.8. The number of halogens is 4. The molecule has 0 aliphatic rings. The van der Waals surface area contributed by atoms with Gasteiger partial charge in [-0.15, -0.1) is 0 Å². The Hall–Kier alpha value is -0.750. The second kappa shape index (κ2) is 5.54. The number of ether oxygens (including phenoxy) is 1. The van der Waals surface area contributed by atoms with E-state index in [1.807, 2.05) is 0 Å². The first-order chi connectivity index (χ1) is 7.47. The maximum atomic E-state index is 12.5. The van der Waals surface area contributed by atoms with Crippen LogP contribution in [-0.2, 0) is 4.74 Å². The van der Waals surface area contributed by atoms with Crippen molar-refractivity contribution in [1.82, 2.24) is 4.98 Å². The summed E-state index contributed by atoms with van der Waals surface area (Å²) >= 11 is 8.45. The molecule has 0 saturated carbocycles. The van der Waals surface area contributed by atoms with E-state index in [9.17, 15) is 13.6 Å². The first-order valence-electron chi connectivity index (χ1n) is 4.28. The van der Waals surface area contributed by atoms with Gasteiger partial charge in [-0.05, 0) is 13.0 Å². The average molecular weight is 315 g/mol. The van der Waals surface area contributed by atoms with Crippen LogP contribution in [0.1, 0.15) is 29.4 Å². The van der Waals surface area contributed by atoms with Gasteiger partial charge in [0.25, 0.3) is 6.43 Å². The van der Waals surface area contributed by atoms with E-state index in [0.717, 1.165) is 6.07 Å². The van der Waals surface area contributed by atoms with E-state index in [4.69, 9.17) is 11.6 Å². The molecule has 0 radical (unpaired) electrons. The molecule has 1 aromatic heterocycles. The Morgan fingerprint density at radius 1 is 1.69 bits per heavy atom. The number of hydrogen-bond donors (Lipinski definition) is 0. The molecule has 0 spiro atoms. The van der Waals surface area contributed by atoms with Gasteiger partial charge in [0.15, 0.2) is 5.69 Å². The zero-order chi connectivity index (χ0) is 12.3. The molecule has 0 unspecified atom stereocenters.